The average Bonchev–Trinajstić information content (AvgIpc) is 2.14. The van der Waals surface area contributed by atoms with Crippen LogP contribution in [0.3, 0.4) is 0 Å². The highest BCUT2D eigenvalue weighted by atomic mass is 16.6. The molecule has 4 nitrogen and oxygen atoms in total. The van der Waals surface area contributed by atoms with Crippen molar-refractivity contribution in [1.82, 2.24) is 4.90 Å². The number of hydrogen-bond donors (Lipinski definition) is 1. The number of amides is 1. The molecule has 4 heteroatoms. The fraction of sp³-hybridized carbons (Fsp3) is 0.917. The first-order valence-electron chi connectivity index (χ1n) is 6.12. The lowest BCUT2D eigenvalue weighted by atomic mass is 9.74. The van der Waals surface area contributed by atoms with Gasteiger partial charge in [-0.1, -0.05) is 0 Å². The number of ether oxygens (including phenoxy) is 1. The van der Waals surface area contributed by atoms with E-state index in [1.807, 2.05) is 25.7 Å². The molecule has 3 atom stereocenters. The van der Waals surface area contributed by atoms with Gasteiger partial charge in [0.1, 0.15) is 5.60 Å². The van der Waals surface area contributed by atoms with Gasteiger partial charge in [-0.15, -0.1) is 0 Å². The monoisotopic (exact) mass is 226 g/mol. The second kappa shape index (κ2) is 3.91. The van der Waals surface area contributed by atoms with Crippen molar-refractivity contribution in [2.24, 2.45) is 11.7 Å². The zero-order valence-electron chi connectivity index (χ0n) is 10.4. The number of nitrogens with two attached hydrogens (primary N) is 1. The standard InChI is InChI=1S/C12H22N2O2/c1-12(2,3)16-11(15)14-9-4-8(7-13)5-10(14)6-9/h8-10H,4-7,13H2,1-3H3/t8?,9-,10+. The van der Waals surface area contributed by atoms with E-state index in [2.05, 4.69) is 0 Å². The van der Waals surface area contributed by atoms with Gasteiger partial charge in [0.2, 0.25) is 0 Å². The van der Waals surface area contributed by atoms with Crippen LogP contribution < -0.4 is 5.73 Å². The molecule has 2 N–H and O–H groups in total. The Balaban J connectivity index is 1.92. The maximum Gasteiger partial charge on any atom is 0.410 e. The number of hydrogen-bond acceptors (Lipinski definition) is 3. The first-order chi connectivity index (χ1) is 7.40. The molecule has 2 saturated heterocycles. The van der Waals surface area contributed by atoms with Crippen molar-refractivity contribution < 1.29 is 9.53 Å². The lowest BCUT2D eigenvalue weighted by molar-refractivity contribution is -0.0642. The van der Waals surface area contributed by atoms with E-state index in [0.29, 0.717) is 18.0 Å². The molecule has 0 radical (unpaired) electrons. The SMILES string of the molecule is CC(C)(C)OC(=O)N1[C@@H]2CC(CN)C[C@H]1C2. The molecule has 1 amide bonds. The Morgan fingerprint density at radius 3 is 2.31 bits per heavy atom. The van der Waals surface area contributed by atoms with Gasteiger partial charge in [0, 0.05) is 12.1 Å². The fourth-order valence-electron chi connectivity index (χ4n) is 2.79. The van der Waals surface area contributed by atoms with Crippen molar-refractivity contribution in [3.05, 3.63) is 0 Å². The molecule has 1 aliphatic carbocycles. The van der Waals surface area contributed by atoms with Crippen molar-refractivity contribution in [2.45, 2.75) is 57.7 Å². The molecule has 1 unspecified atom stereocenters. The lowest BCUT2D eigenvalue weighted by Crippen LogP contribution is -2.64. The van der Waals surface area contributed by atoms with Gasteiger partial charge in [0.15, 0.2) is 0 Å². The molecule has 0 aromatic carbocycles. The summed E-state index contributed by atoms with van der Waals surface area (Å²) in [6, 6.07) is 0.754. The summed E-state index contributed by atoms with van der Waals surface area (Å²) in [6.07, 6.45) is 3.08. The van der Waals surface area contributed by atoms with Crippen LogP contribution in [0.4, 0.5) is 4.79 Å². The van der Waals surface area contributed by atoms with Crippen molar-refractivity contribution in [3.8, 4) is 0 Å². The second-order valence-electron chi connectivity index (χ2n) is 6.00. The molecule has 0 aromatic heterocycles. The smallest absolute Gasteiger partial charge is 0.410 e. The van der Waals surface area contributed by atoms with Gasteiger partial charge in [-0.25, -0.2) is 4.79 Å². The first-order valence-corrected chi connectivity index (χ1v) is 6.12. The van der Waals surface area contributed by atoms with Crippen LogP contribution >= 0.6 is 0 Å². The number of nitrogens with zero attached hydrogens (tertiary/aromatic N) is 1. The van der Waals surface area contributed by atoms with Crippen LogP contribution in [0, 0.1) is 5.92 Å². The molecule has 3 rings (SSSR count). The first kappa shape index (κ1) is 11.7. The fourth-order valence-corrected chi connectivity index (χ4v) is 2.79. The van der Waals surface area contributed by atoms with E-state index in [-0.39, 0.29) is 6.09 Å². The maximum absolute atomic E-state index is 11.9. The van der Waals surface area contributed by atoms with Crippen LogP contribution in [0.15, 0.2) is 0 Å². The summed E-state index contributed by atoms with van der Waals surface area (Å²) in [5.74, 6) is 0.599. The molecular weight excluding hydrogens is 204 g/mol. The number of rotatable bonds is 1. The van der Waals surface area contributed by atoms with Crippen molar-refractivity contribution in [1.29, 1.82) is 0 Å². The molecule has 16 heavy (non-hydrogen) atoms. The Labute approximate surface area is 97.1 Å². The molecular formula is C12H22N2O2. The molecule has 1 saturated carbocycles. The van der Waals surface area contributed by atoms with Gasteiger partial charge < -0.3 is 15.4 Å². The summed E-state index contributed by atoms with van der Waals surface area (Å²) in [5, 5.41) is 0. The van der Waals surface area contributed by atoms with Crippen molar-refractivity contribution >= 4 is 6.09 Å². The minimum absolute atomic E-state index is 0.149. The Hall–Kier alpha value is -0.770. The van der Waals surface area contributed by atoms with Gasteiger partial charge in [-0.05, 0) is 52.5 Å². The molecule has 2 aliphatic heterocycles. The van der Waals surface area contributed by atoms with E-state index in [1.165, 1.54) is 0 Å². The lowest BCUT2D eigenvalue weighted by Gasteiger charge is -2.54. The molecule has 92 valence electrons. The van der Waals surface area contributed by atoms with Gasteiger partial charge in [0.05, 0.1) is 0 Å². The largest absolute Gasteiger partial charge is 0.444 e. The zero-order valence-corrected chi connectivity index (χ0v) is 10.4. The summed E-state index contributed by atoms with van der Waals surface area (Å²) < 4.78 is 5.40. The summed E-state index contributed by atoms with van der Waals surface area (Å²) in [4.78, 5) is 13.8. The number of piperidine rings is 1. The van der Waals surface area contributed by atoms with E-state index < -0.39 is 5.60 Å². The normalized spacial score (nSPS) is 33.2. The zero-order chi connectivity index (χ0) is 11.9. The predicted octanol–water partition coefficient (Wildman–Crippen LogP) is 1.73. The van der Waals surface area contributed by atoms with Gasteiger partial charge >= 0.3 is 6.09 Å². The Kier molecular flexibility index (Phi) is 2.86. The Bertz CT molecular complexity index is 273. The molecule has 2 heterocycles. The molecule has 3 aliphatic rings. The summed E-state index contributed by atoms with van der Waals surface area (Å²) in [5.41, 5.74) is 5.28. The van der Waals surface area contributed by atoms with E-state index in [0.717, 1.165) is 25.8 Å². The van der Waals surface area contributed by atoms with Crippen molar-refractivity contribution in [3.63, 3.8) is 0 Å². The third-order valence-corrected chi connectivity index (χ3v) is 3.48. The number of carbonyl (C=O) groups excluding carboxylic acids is 1. The van der Waals surface area contributed by atoms with Crippen LogP contribution in [0.2, 0.25) is 0 Å². The van der Waals surface area contributed by atoms with Crippen LogP contribution in [0.5, 0.6) is 0 Å². The summed E-state index contributed by atoms with van der Waals surface area (Å²) in [7, 11) is 0. The van der Waals surface area contributed by atoms with Crippen LogP contribution in [-0.2, 0) is 4.74 Å². The third-order valence-electron chi connectivity index (χ3n) is 3.48. The molecule has 0 aromatic rings. The minimum atomic E-state index is -0.395. The van der Waals surface area contributed by atoms with Crippen LogP contribution in [0.1, 0.15) is 40.0 Å². The minimum Gasteiger partial charge on any atom is -0.444 e. The highest BCUT2D eigenvalue weighted by Crippen LogP contribution is 2.41. The molecule has 0 spiro atoms. The van der Waals surface area contributed by atoms with E-state index in [4.69, 9.17) is 10.5 Å². The van der Waals surface area contributed by atoms with Gasteiger partial charge in [-0.3, -0.25) is 0 Å². The number of carbonyl (C=O) groups is 1. The summed E-state index contributed by atoms with van der Waals surface area (Å²) in [6.45, 7) is 6.46. The average molecular weight is 226 g/mol. The number of fused-ring (bicyclic) bond motifs is 2. The second-order valence-corrected chi connectivity index (χ2v) is 6.00. The maximum atomic E-state index is 11.9. The van der Waals surface area contributed by atoms with Crippen LogP contribution in [0.25, 0.3) is 0 Å². The highest BCUT2D eigenvalue weighted by Gasteiger charge is 2.48. The highest BCUT2D eigenvalue weighted by molar-refractivity contribution is 5.70. The van der Waals surface area contributed by atoms with Gasteiger partial charge in [-0.2, -0.15) is 0 Å². The van der Waals surface area contributed by atoms with Crippen molar-refractivity contribution in [2.75, 3.05) is 6.54 Å². The topological polar surface area (TPSA) is 55.6 Å². The quantitative estimate of drug-likeness (QED) is 0.741. The van der Waals surface area contributed by atoms with Gasteiger partial charge in [0.25, 0.3) is 0 Å². The Morgan fingerprint density at radius 2 is 1.88 bits per heavy atom. The summed E-state index contributed by atoms with van der Waals surface area (Å²) >= 11 is 0. The Morgan fingerprint density at radius 1 is 1.31 bits per heavy atom. The van der Waals surface area contributed by atoms with Crippen LogP contribution in [-0.4, -0.2) is 35.2 Å². The van der Waals surface area contributed by atoms with E-state index >= 15 is 0 Å². The molecule has 2 bridgehead atoms. The third kappa shape index (κ3) is 2.17. The molecule has 3 fully saturated rings. The van der Waals surface area contributed by atoms with E-state index in [9.17, 15) is 4.79 Å². The van der Waals surface area contributed by atoms with E-state index in [1.54, 1.807) is 0 Å². The predicted molar refractivity (Wildman–Crippen MR) is 62.0 cm³/mol.